The van der Waals surface area contributed by atoms with Crippen molar-refractivity contribution in [1.82, 2.24) is 24.1 Å². The molecule has 0 aliphatic carbocycles. The fourth-order valence-electron chi connectivity index (χ4n) is 4.15. The fraction of sp³-hybridized carbons (Fsp3) is 0.273. The third-order valence-electron chi connectivity index (χ3n) is 5.90. The molecule has 0 radical (unpaired) electrons. The molecule has 9 heteroatoms. The van der Waals surface area contributed by atoms with Crippen LogP contribution in [0.2, 0.25) is 5.02 Å². The first-order chi connectivity index (χ1) is 15.0. The van der Waals surface area contributed by atoms with Crippen LogP contribution in [0.15, 0.2) is 66.0 Å². The largest absolute Gasteiger partial charge is 0.346 e. The Kier molecular flexibility index (Phi) is 5.29. The summed E-state index contributed by atoms with van der Waals surface area (Å²) in [6.45, 7) is 1.90. The molecule has 7 nitrogen and oxygen atoms in total. The molecule has 4 aromatic rings. The van der Waals surface area contributed by atoms with E-state index in [0.717, 1.165) is 41.7 Å². The maximum absolute atomic E-state index is 12.9. The van der Waals surface area contributed by atoms with Crippen LogP contribution in [0.5, 0.6) is 0 Å². The second kappa shape index (κ2) is 8.11. The van der Waals surface area contributed by atoms with E-state index in [1.54, 1.807) is 34.8 Å². The third kappa shape index (κ3) is 3.98. The van der Waals surface area contributed by atoms with Gasteiger partial charge in [-0.3, -0.25) is 5.10 Å². The van der Waals surface area contributed by atoms with E-state index in [-0.39, 0.29) is 0 Å². The van der Waals surface area contributed by atoms with Gasteiger partial charge in [0.15, 0.2) is 0 Å². The highest BCUT2D eigenvalue weighted by Crippen LogP contribution is 2.27. The summed E-state index contributed by atoms with van der Waals surface area (Å²) in [6.07, 6.45) is 7.31. The van der Waals surface area contributed by atoms with E-state index in [2.05, 4.69) is 27.0 Å². The van der Waals surface area contributed by atoms with Crippen molar-refractivity contribution in [1.29, 1.82) is 0 Å². The van der Waals surface area contributed by atoms with Gasteiger partial charge in [0.2, 0.25) is 10.0 Å². The molecule has 4 heterocycles. The van der Waals surface area contributed by atoms with Crippen molar-refractivity contribution in [2.75, 3.05) is 13.1 Å². The molecule has 0 spiro atoms. The Balaban J connectivity index is 1.26. The summed E-state index contributed by atoms with van der Waals surface area (Å²) in [7, 11) is -3.48. The fourth-order valence-corrected chi connectivity index (χ4v) is 5.75. The van der Waals surface area contributed by atoms with Gasteiger partial charge in [0.05, 0.1) is 27.8 Å². The summed E-state index contributed by atoms with van der Waals surface area (Å²) in [5.74, 6) is 0.417. The number of benzene rings is 1. The highest BCUT2D eigenvalue weighted by molar-refractivity contribution is 7.89. The second-order valence-electron chi connectivity index (χ2n) is 7.86. The number of halogens is 1. The number of piperidine rings is 1. The van der Waals surface area contributed by atoms with Crippen LogP contribution in [0, 0.1) is 5.92 Å². The van der Waals surface area contributed by atoms with Gasteiger partial charge < -0.3 is 4.57 Å². The van der Waals surface area contributed by atoms with Gasteiger partial charge in [-0.2, -0.15) is 9.40 Å². The molecule has 1 N–H and O–H groups in total. The highest BCUT2D eigenvalue weighted by atomic mass is 35.5. The van der Waals surface area contributed by atoms with Crippen molar-refractivity contribution >= 4 is 32.7 Å². The maximum atomic E-state index is 12.9. The van der Waals surface area contributed by atoms with Crippen molar-refractivity contribution in [3.8, 4) is 11.3 Å². The lowest BCUT2D eigenvalue weighted by Gasteiger charge is -2.31. The monoisotopic (exact) mass is 455 g/mol. The molecule has 160 valence electrons. The van der Waals surface area contributed by atoms with Crippen LogP contribution in [0.25, 0.3) is 22.3 Å². The average molecular weight is 456 g/mol. The molecule has 1 aliphatic heterocycles. The number of H-pyrrole nitrogens is 1. The van der Waals surface area contributed by atoms with Gasteiger partial charge in [-0.05, 0) is 61.2 Å². The zero-order valence-electron chi connectivity index (χ0n) is 16.8. The SMILES string of the molecule is O=S(=O)(c1ccc(Cl)cc1)N1CCC(Cn2ccc3nc(-c4cn[nH]c4)ccc32)CC1. The highest BCUT2D eigenvalue weighted by Gasteiger charge is 2.29. The predicted molar refractivity (Wildman–Crippen MR) is 120 cm³/mol. The van der Waals surface area contributed by atoms with E-state index in [9.17, 15) is 8.42 Å². The molecule has 3 aromatic heterocycles. The minimum atomic E-state index is -3.48. The van der Waals surface area contributed by atoms with Crippen molar-refractivity contribution in [2.24, 2.45) is 5.92 Å². The summed E-state index contributed by atoms with van der Waals surface area (Å²) >= 11 is 5.89. The molecule has 1 aliphatic rings. The Hall–Kier alpha value is -2.68. The van der Waals surface area contributed by atoms with Gasteiger partial charge in [-0.1, -0.05) is 11.6 Å². The van der Waals surface area contributed by atoms with Crippen LogP contribution in [-0.4, -0.2) is 45.6 Å². The lowest BCUT2D eigenvalue weighted by Crippen LogP contribution is -2.39. The topological polar surface area (TPSA) is 83.9 Å². The van der Waals surface area contributed by atoms with Gasteiger partial charge in [0.1, 0.15) is 0 Å². The van der Waals surface area contributed by atoms with Crippen molar-refractivity contribution < 1.29 is 8.42 Å². The minimum absolute atomic E-state index is 0.297. The van der Waals surface area contributed by atoms with Crippen LogP contribution < -0.4 is 0 Å². The number of rotatable bonds is 5. The number of aromatic nitrogens is 4. The summed E-state index contributed by atoms with van der Waals surface area (Å²) in [5, 5.41) is 7.33. The Bertz CT molecular complexity index is 1290. The van der Waals surface area contributed by atoms with E-state index in [0.29, 0.717) is 28.9 Å². The second-order valence-corrected chi connectivity index (χ2v) is 10.2. The van der Waals surface area contributed by atoms with Crippen molar-refractivity contribution in [3.05, 3.63) is 66.1 Å². The van der Waals surface area contributed by atoms with E-state index in [4.69, 9.17) is 16.6 Å². The number of hydrogen-bond donors (Lipinski definition) is 1. The van der Waals surface area contributed by atoms with Gasteiger partial charge in [0, 0.05) is 42.6 Å². The lowest BCUT2D eigenvalue weighted by molar-refractivity contribution is 0.254. The Labute approximate surface area is 185 Å². The number of sulfonamides is 1. The molecule has 1 saturated heterocycles. The van der Waals surface area contributed by atoms with E-state index < -0.39 is 10.0 Å². The third-order valence-corrected chi connectivity index (χ3v) is 8.06. The molecular weight excluding hydrogens is 434 g/mol. The van der Waals surface area contributed by atoms with E-state index in [1.807, 2.05) is 18.3 Å². The maximum Gasteiger partial charge on any atom is 0.243 e. The quantitative estimate of drug-likeness (QED) is 0.489. The van der Waals surface area contributed by atoms with E-state index >= 15 is 0 Å². The number of nitrogens with one attached hydrogen (secondary N) is 1. The summed E-state index contributed by atoms with van der Waals surface area (Å²) in [4.78, 5) is 5.04. The van der Waals surface area contributed by atoms with Gasteiger partial charge in [-0.15, -0.1) is 0 Å². The predicted octanol–water partition coefficient (Wildman–Crippen LogP) is 4.18. The minimum Gasteiger partial charge on any atom is -0.346 e. The van der Waals surface area contributed by atoms with Crippen LogP contribution in [-0.2, 0) is 16.6 Å². The first-order valence-corrected chi connectivity index (χ1v) is 12.0. The first-order valence-electron chi connectivity index (χ1n) is 10.2. The number of nitrogens with zero attached hydrogens (tertiary/aromatic N) is 4. The molecule has 1 aromatic carbocycles. The number of hydrogen-bond acceptors (Lipinski definition) is 4. The summed E-state index contributed by atoms with van der Waals surface area (Å²) in [5.41, 5.74) is 3.88. The molecule has 1 fully saturated rings. The Morgan fingerprint density at radius 1 is 1.06 bits per heavy atom. The summed E-state index contributed by atoms with van der Waals surface area (Å²) in [6, 6.07) is 12.5. The standard InChI is InChI=1S/C22H22ClN5O2S/c23-18-1-3-19(4-2-18)31(29,30)28-11-7-16(8-12-28)15-27-10-9-21-22(27)6-5-20(26-21)17-13-24-25-14-17/h1-6,9-10,13-14,16H,7-8,11-12,15H2,(H,24,25). The van der Waals surface area contributed by atoms with Crippen LogP contribution >= 0.6 is 11.6 Å². The number of pyridine rings is 1. The van der Waals surface area contributed by atoms with Crippen molar-refractivity contribution in [2.45, 2.75) is 24.3 Å². The molecule has 0 unspecified atom stereocenters. The molecule has 0 amide bonds. The Morgan fingerprint density at radius 3 is 2.55 bits per heavy atom. The average Bonchev–Trinajstić information content (AvgIpc) is 3.45. The molecular formula is C22H22ClN5O2S. The molecule has 0 saturated carbocycles. The molecule has 0 bridgehead atoms. The molecule has 31 heavy (non-hydrogen) atoms. The Morgan fingerprint density at radius 2 is 1.84 bits per heavy atom. The van der Waals surface area contributed by atoms with Gasteiger partial charge >= 0.3 is 0 Å². The van der Waals surface area contributed by atoms with Crippen LogP contribution in [0.4, 0.5) is 0 Å². The number of aromatic amines is 1. The number of fused-ring (bicyclic) bond motifs is 1. The van der Waals surface area contributed by atoms with Crippen molar-refractivity contribution in [3.63, 3.8) is 0 Å². The van der Waals surface area contributed by atoms with Crippen LogP contribution in [0.3, 0.4) is 0 Å². The van der Waals surface area contributed by atoms with E-state index in [1.165, 1.54) is 0 Å². The lowest BCUT2D eigenvalue weighted by atomic mass is 9.98. The molecule has 0 atom stereocenters. The normalized spacial score (nSPS) is 16.2. The smallest absolute Gasteiger partial charge is 0.243 e. The summed E-state index contributed by atoms with van der Waals surface area (Å²) < 4.78 is 29.6. The van der Waals surface area contributed by atoms with Gasteiger partial charge in [0.25, 0.3) is 0 Å². The first kappa shape index (κ1) is 20.2. The van der Waals surface area contributed by atoms with Gasteiger partial charge in [-0.25, -0.2) is 13.4 Å². The zero-order chi connectivity index (χ0) is 21.4. The molecule has 5 rings (SSSR count). The zero-order valence-corrected chi connectivity index (χ0v) is 18.4. The van der Waals surface area contributed by atoms with Crippen LogP contribution in [0.1, 0.15) is 12.8 Å².